The molecule has 0 aliphatic rings. The Morgan fingerprint density at radius 3 is 2.58 bits per heavy atom. The molecule has 0 aromatic rings. The zero-order chi connectivity index (χ0) is 9.07. The quantitative estimate of drug-likeness (QED) is 0.318. The monoisotopic (exact) mass is 170 g/mol. The Hall–Kier alpha value is -0.790. The number of ether oxygens (including phenoxy) is 1. The molecule has 2 nitrogen and oxygen atoms in total. The van der Waals surface area contributed by atoms with Gasteiger partial charge in [0.15, 0.2) is 0 Å². The summed E-state index contributed by atoms with van der Waals surface area (Å²) >= 11 is 0. The average molecular weight is 170 g/mol. The lowest BCUT2D eigenvalue weighted by Crippen LogP contribution is -1.87. The van der Waals surface area contributed by atoms with Crippen molar-refractivity contribution >= 4 is 6.47 Å². The van der Waals surface area contributed by atoms with Gasteiger partial charge in [-0.05, 0) is 19.3 Å². The van der Waals surface area contributed by atoms with Gasteiger partial charge in [0.2, 0.25) is 0 Å². The van der Waals surface area contributed by atoms with E-state index in [0.717, 1.165) is 12.8 Å². The first-order chi connectivity index (χ1) is 5.91. The first-order valence-electron chi connectivity index (χ1n) is 4.62. The highest BCUT2D eigenvalue weighted by Gasteiger charge is 1.82. The van der Waals surface area contributed by atoms with E-state index >= 15 is 0 Å². The predicted octanol–water partition coefficient (Wildman–Crippen LogP) is 2.69. The van der Waals surface area contributed by atoms with Gasteiger partial charge in [-0.2, -0.15) is 0 Å². The van der Waals surface area contributed by atoms with Crippen molar-refractivity contribution in [2.75, 3.05) is 6.61 Å². The van der Waals surface area contributed by atoms with Gasteiger partial charge in [-0.1, -0.05) is 31.9 Å². The molecule has 0 radical (unpaired) electrons. The van der Waals surface area contributed by atoms with Crippen molar-refractivity contribution in [2.24, 2.45) is 0 Å². The standard InChI is InChI=1S/C10H18O2/c1-2-3-4-5-6-7-8-9-12-10-11/h6-7,10H,2-5,8-9H2,1H3/b7-6+. The van der Waals surface area contributed by atoms with Gasteiger partial charge in [0, 0.05) is 0 Å². The van der Waals surface area contributed by atoms with Gasteiger partial charge in [0.05, 0.1) is 6.61 Å². The number of allylic oxidation sites excluding steroid dienone is 1. The number of hydrogen-bond acceptors (Lipinski definition) is 2. The van der Waals surface area contributed by atoms with E-state index in [1.54, 1.807) is 0 Å². The molecule has 0 rings (SSSR count). The van der Waals surface area contributed by atoms with Crippen LogP contribution in [0.1, 0.15) is 39.0 Å². The fourth-order valence-electron chi connectivity index (χ4n) is 0.932. The molecule has 0 bridgehead atoms. The average Bonchev–Trinajstić information content (AvgIpc) is 2.10. The molecule has 0 saturated heterocycles. The summed E-state index contributed by atoms with van der Waals surface area (Å²) in [6.45, 7) is 3.19. The predicted molar refractivity (Wildman–Crippen MR) is 49.9 cm³/mol. The van der Waals surface area contributed by atoms with Gasteiger partial charge in [-0.3, -0.25) is 4.79 Å². The minimum absolute atomic E-state index is 0.491. The molecule has 0 fully saturated rings. The molecular formula is C10H18O2. The topological polar surface area (TPSA) is 26.3 Å². The van der Waals surface area contributed by atoms with Crippen LogP contribution in [-0.2, 0) is 9.53 Å². The minimum Gasteiger partial charge on any atom is -0.468 e. The van der Waals surface area contributed by atoms with Crippen LogP contribution in [0, 0.1) is 0 Å². The third-order valence-electron chi connectivity index (χ3n) is 1.61. The lowest BCUT2D eigenvalue weighted by Gasteiger charge is -1.93. The normalized spacial score (nSPS) is 10.4. The highest BCUT2D eigenvalue weighted by Crippen LogP contribution is 1.99. The summed E-state index contributed by atoms with van der Waals surface area (Å²) in [5, 5.41) is 0. The van der Waals surface area contributed by atoms with E-state index in [1.807, 2.05) is 0 Å². The first kappa shape index (κ1) is 11.2. The zero-order valence-electron chi connectivity index (χ0n) is 7.79. The summed E-state index contributed by atoms with van der Waals surface area (Å²) in [6.07, 6.45) is 10.0. The van der Waals surface area contributed by atoms with E-state index in [0.29, 0.717) is 13.1 Å². The third-order valence-corrected chi connectivity index (χ3v) is 1.61. The molecule has 0 aromatic carbocycles. The van der Waals surface area contributed by atoms with Crippen molar-refractivity contribution < 1.29 is 9.53 Å². The summed E-state index contributed by atoms with van der Waals surface area (Å²) < 4.78 is 4.53. The highest BCUT2D eigenvalue weighted by atomic mass is 16.5. The summed E-state index contributed by atoms with van der Waals surface area (Å²) in [5.74, 6) is 0. The van der Waals surface area contributed by atoms with Crippen molar-refractivity contribution in [1.29, 1.82) is 0 Å². The van der Waals surface area contributed by atoms with Crippen molar-refractivity contribution in [3.05, 3.63) is 12.2 Å². The lowest BCUT2D eigenvalue weighted by molar-refractivity contribution is -0.128. The van der Waals surface area contributed by atoms with Crippen LogP contribution in [0.3, 0.4) is 0 Å². The Morgan fingerprint density at radius 1 is 1.17 bits per heavy atom. The Kier molecular flexibility index (Phi) is 9.54. The highest BCUT2D eigenvalue weighted by molar-refractivity contribution is 5.36. The summed E-state index contributed by atoms with van der Waals surface area (Å²) in [4.78, 5) is 9.73. The number of carbonyl (C=O) groups excluding carboxylic acids is 1. The summed E-state index contributed by atoms with van der Waals surface area (Å²) in [6, 6.07) is 0. The second-order valence-corrected chi connectivity index (χ2v) is 2.72. The maximum atomic E-state index is 9.73. The SMILES string of the molecule is CCCCC/C=C/CCOC=O. The molecule has 0 aromatic heterocycles. The molecule has 0 aliphatic carbocycles. The third kappa shape index (κ3) is 9.21. The van der Waals surface area contributed by atoms with E-state index in [2.05, 4.69) is 23.8 Å². The van der Waals surface area contributed by atoms with Gasteiger partial charge < -0.3 is 4.74 Å². The zero-order valence-corrected chi connectivity index (χ0v) is 7.79. The van der Waals surface area contributed by atoms with Gasteiger partial charge in [-0.15, -0.1) is 0 Å². The Balaban J connectivity index is 2.98. The van der Waals surface area contributed by atoms with E-state index < -0.39 is 0 Å². The van der Waals surface area contributed by atoms with Crippen LogP contribution in [-0.4, -0.2) is 13.1 Å². The molecule has 2 heteroatoms. The van der Waals surface area contributed by atoms with Crippen LogP contribution in [0.15, 0.2) is 12.2 Å². The van der Waals surface area contributed by atoms with Gasteiger partial charge in [0.25, 0.3) is 6.47 Å². The first-order valence-corrected chi connectivity index (χ1v) is 4.62. The largest absolute Gasteiger partial charge is 0.468 e. The van der Waals surface area contributed by atoms with Crippen molar-refractivity contribution in [3.8, 4) is 0 Å². The molecule has 0 aliphatic heterocycles. The second kappa shape index (κ2) is 10.2. The maximum Gasteiger partial charge on any atom is 0.293 e. The van der Waals surface area contributed by atoms with Crippen LogP contribution >= 0.6 is 0 Å². The Labute approximate surface area is 74.6 Å². The Bertz CT molecular complexity index is 119. The van der Waals surface area contributed by atoms with Crippen molar-refractivity contribution in [2.45, 2.75) is 39.0 Å². The number of hydrogen-bond donors (Lipinski definition) is 0. The van der Waals surface area contributed by atoms with Crippen LogP contribution in [0.5, 0.6) is 0 Å². The van der Waals surface area contributed by atoms with Crippen LogP contribution in [0.4, 0.5) is 0 Å². The van der Waals surface area contributed by atoms with Gasteiger partial charge >= 0.3 is 0 Å². The molecule has 0 spiro atoms. The molecule has 0 unspecified atom stereocenters. The van der Waals surface area contributed by atoms with Crippen LogP contribution < -0.4 is 0 Å². The van der Waals surface area contributed by atoms with E-state index in [4.69, 9.17) is 0 Å². The van der Waals surface area contributed by atoms with Crippen molar-refractivity contribution in [1.82, 2.24) is 0 Å². The second-order valence-electron chi connectivity index (χ2n) is 2.72. The van der Waals surface area contributed by atoms with Crippen LogP contribution in [0.2, 0.25) is 0 Å². The molecule has 0 N–H and O–H groups in total. The summed E-state index contributed by atoms with van der Waals surface area (Å²) in [7, 11) is 0. The van der Waals surface area contributed by atoms with Gasteiger partial charge in [-0.25, -0.2) is 0 Å². The maximum absolute atomic E-state index is 9.73. The smallest absolute Gasteiger partial charge is 0.293 e. The fourth-order valence-corrected chi connectivity index (χ4v) is 0.932. The molecule has 12 heavy (non-hydrogen) atoms. The molecule has 0 atom stereocenters. The number of unbranched alkanes of at least 4 members (excludes halogenated alkanes) is 3. The van der Waals surface area contributed by atoms with E-state index in [1.165, 1.54) is 19.3 Å². The molecule has 0 heterocycles. The molecular weight excluding hydrogens is 152 g/mol. The van der Waals surface area contributed by atoms with Gasteiger partial charge in [0.1, 0.15) is 0 Å². The summed E-state index contributed by atoms with van der Waals surface area (Å²) in [5.41, 5.74) is 0. The molecule has 70 valence electrons. The van der Waals surface area contributed by atoms with E-state index in [-0.39, 0.29) is 0 Å². The van der Waals surface area contributed by atoms with Crippen LogP contribution in [0.25, 0.3) is 0 Å². The minimum atomic E-state index is 0.491. The number of carbonyl (C=O) groups is 1. The van der Waals surface area contributed by atoms with E-state index in [9.17, 15) is 4.79 Å². The van der Waals surface area contributed by atoms with Crippen molar-refractivity contribution in [3.63, 3.8) is 0 Å². The lowest BCUT2D eigenvalue weighted by atomic mass is 10.2. The number of rotatable bonds is 8. The Morgan fingerprint density at radius 2 is 1.92 bits per heavy atom. The fraction of sp³-hybridized carbons (Fsp3) is 0.700. The molecule has 0 saturated carbocycles. The molecule has 0 amide bonds.